The highest BCUT2D eigenvalue weighted by molar-refractivity contribution is 8.04. The molecule has 0 spiro atoms. The van der Waals surface area contributed by atoms with Crippen molar-refractivity contribution in [3.8, 4) is 17.2 Å². The largest absolute Gasteiger partial charge is 0.496 e. The Balaban J connectivity index is 1.71. The van der Waals surface area contributed by atoms with Gasteiger partial charge in [-0.2, -0.15) is 0 Å². The molecule has 0 atom stereocenters. The fourth-order valence-corrected chi connectivity index (χ4v) is 6.02. The molecule has 0 unspecified atom stereocenters. The summed E-state index contributed by atoms with van der Waals surface area (Å²) in [5.41, 5.74) is 0.364. The molecule has 1 heterocycles. The number of carbonyl (C=O) groups is 1. The minimum absolute atomic E-state index is 0.133. The smallest absolute Gasteiger partial charge is 0.262 e. The van der Waals surface area contributed by atoms with Crippen molar-refractivity contribution >= 4 is 39.3 Å². The lowest BCUT2D eigenvalue weighted by Gasteiger charge is -2.20. The Morgan fingerprint density at radius 3 is 2.17 bits per heavy atom. The van der Waals surface area contributed by atoms with E-state index < -0.39 is 38.7 Å². The van der Waals surface area contributed by atoms with Gasteiger partial charge in [-0.1, -0.05) is 17.8 Å². The number of hydrogen-bond donors (Lipinski definition) is 1. The first-order valence-corrected chi connectivity index (χ1v) is 12.9. The van der Waals surface area contributed by atoms with Gasteiger partial charge in [-0.05, 0) is 36.4 Å². The Bertz CT molecular complexity index is 1440. The number of amides is 1. The zero-order valence-corrected chi connectivity index (χ0v) is 21.1. The molecule has 4 rings (SSSR count). The first-order chi connectivity index (χ1) is 17.2. The third kappa shape index (κ3) is 5.02. The molecule has 0 bridgehead atoms. The number of hydrogen-bond acceptors (Lipinski definition) is 7. The molecule has 0 radical (unpaired) electrons. The van der Waals surface area contributed by atoms with Gasteiger partial charge in [0.05, 0.1) is 48.1 Å². The van der Waals surface area contributed by atoms with Gasteiger partial charge in [-0.25, -0.2) is 17.2 Å². The van der Waals surface area contributed by atoms with Crippen LogP contribution in [0.25, 0.3) is 6.08 Å². The van der Waals surface area contributed by atoms with Crippen molar-refractivity contribution in [3.63, 3.8) is 0 Å². The first-order valence-electron chi connectivity index (χ1n) is 10.5. The lowest BCUT2D eigenvalue weighted by Crippen LogP contribution is -2.18. The summed E-state index contributed by atoms with van der Waals surface area (Å²) in [7, 11) is 0.345. The molecule has 0 fully saturated rings. The second kappa shape index (κ2) is 10.2. The van der Waals surface area contributed by atoms with Crippen LogP contribution in [0.4, 0.5) is 14.5 Å². The minimum Gasteiger partial charge on any atom is -0.496 e. The van der Waals surface area contributed by atoms with Crippen LogP contribution in [0.15, 0.2) is 63.2 Å². The van der Waals surface area contributed by atoms with E-state index in [0.29, 0.717) is 33.4 Å². The number of fused-ring (bicyclic) bond motifs is 1. The Morgan fingerprint density at radius 2 is 1.58 bits per heavy atom. The third-order valence-corrected chi connectivity index (χ3v) is 8.15. The van der Waals surface area contributed by atoms with Crippen molar-refractivity contribution in [1.82, 2.24) is 0 Å². The molecule has 3 aromatic rings. The quantitative estimate of drug-likeness (QED) is 0.425. The average molecular weight is 534 g/mol. The van der Waals surface area contributed by atoms with Crippen molar-refractivity contribution < 1.29 is 36.2 Å². The SMILES string of the molecule is COc1cc(OC)c(C=C2Sc3cc(S(=O)(=O)Cc4c(F)cccc4F)ccc3NC2=O)c(OC)c1. The highest BCUT2D eigenvalue weighted by atomic mass is 32.2. The number of anilines is 1. The zero-order chi connectivity index (χ0) is 26.0. The Morgan fingerprint density at radius 1 is 0.944 bits per heavy atom. The van der Waals surface area contributed by atoms with E-state index in [1.54, 1.807) is 18.2 Å². The Kier molecular flexibility index (Phi) is 7.23. The van der Waals surface area contributed by atoms with Gasteiger partial charge < -0.3 is 19.5 Å². The predicted molar refractivity (Wildman–Crippen MR) is 132 cm³/mol. The van der Waals surface area contributed by atoms with E-state index >= 15 is 0 Å². The van der Waals surface area contributed by atoms with E-state index in [0.717, 1.165) is 23.9 Å². The number of benzene rings is 3. The summed E-state index contributed by atoms with van der Waals surface area (Å²) >= 11 is 1.05. The van der Waals surface area contributed by atoms with Crippen molar-refractivity contribution in [2.45, 2.75) is 15.5 Å². The van der Waals surface area contributed by atoms with Gasteiger partial charge in [-0.3, -0.25) is 4.79 Å². The van der Waals surface area contributed by atoms with Gasteiger partial charge in [0.25, 0.3) is 5.91 Å². The number of sulfone groups is 1. The maximum absolute atomic E-state index is 14.1. The van der Waals surface area contributed by atoms with Crippen molar-refractivity contribution in [3.05, 3.63) is 76.2 Å². The molecule has 36 heavy (non-hydrogen) atoms. The molecular formula is C25H21F2NO6S2. The number of carbonyl (C=O) groups excluding carboxylic acids is 1. The lowest BCUT2D eigenvalue weighted by atomic mass is 10.1. The topological polar surface area (TPSA) is 90.9 Å². The molecule has 0 saturated heterocycles. The van der Waals surface area contributed by atoms with E-state index in [-0.39, 0.29) is 9.80 Å². The summed E-state index contributed by atoms with van der Waals surface area (Å²) in [4.78, 5) is 13.3. The molecule has 0 aromatic heterocycles. The van der Waals surface area contributed by atoms with Gasteiger partial charge in [0, 0.05) is 22.6 Å². The second-order valence-electron chi connectivity index (χ2n) is 7.63. The molecule has 1 amide bonds. The van der Waals surface area contributed by atoms with Gasteiger partial charge >= 0.3 is 0 Å². The fraction of sp³-hybridized carbons (Fsp3) is 0.160. The number of nitrogens with one attached hydrogen (secondary N) is 1. The summed E-state index contributed by atoms with van der Waals surface area (Å²) in [6.07, 6.45) is 1.57. The normalized spacial score (nSPS) is 14.2. The molecular weight excluding hydrogens is 512 g/mol. The van der Waals surface area contributed by atoms with E-state index in [1.165, 1.54) is 45.6 Å². The molecule has 188 valence electrons. The van der Waals surface area contributed by atoms with Crippen LogP contribution in [0.3, 0.4) is 0 Å². The molecule has 0 saturated carbocycles. The second-order valence-corrected chi connectivity index (χ2v) is 10.7. The Labute approximate surface area is 211 Å². The van der Waals surface area contributed by atoms with Crippen LogP contribution in [0.1, 0.15) is 11.1 Å². The van der Waals surface area contributed by atoms with Crippen LogP contribution in [0, 0.1) is 11.6 Å². The van der Waals surface area contributed by atoms with E-state index in [1.807, 2.05) is 0 Å². The van der Waals surface area contributed by atoms with Crippen molar-refractivity contribution in [1.29, 1.82) is 0 Å². The van der Waals surface area contributed by atoms with Crippen LogP contribution in [-0.4, -0.2) is 35.7 Å². The van der Waals surface area contributed by atoms with Crippen LogP contribution in [0.5, 0.6) is 17.2 Å². The van der Waals surface area contributed by atoms with E-state index in [4.69, 9.17) is 14.2 Å². The van der Waals surface area contributed by atoms with Crippen LogP contribution < -0.4 is 19.5 Å². The molecule has 7 nitrogen and oxygen atoms in total. The maximum Gasteiger partial charge on any atom is 0.262 e. The third-order valence-electron chi connectivity index (χ3n) is 5.43. The van der Waals surface area contributed by atoms with Crippen molar-refractivity contribution in [2.75, 3.05) is 26.6 Å². The highest BCUT2D eigenvalue weighted by Crippen LogP contribution is 2.43. The number of methoxy groups -OCH3 is 3. The first kappa shape index (κ1) is 25.5. The summed E-state index contributed by atoms with van der Waals surface area (Å²) in [6.45, 7) is 0. The lowest BCUT2D eigenvalue weighted by molar-refractivity contribution is -0.112. The van der Waals surface area contributed by atoms with Gasteiger partial charge in [0.15, 0.2) is 9.84 Å². The average Bonchev–Trinajstić information content (AvgIpc) is 2.86. The Hall–Kier alpha value is -3.57. The fourth-order valence-electron chi connectivity index (χ4n) is 3.58. The van der Waals surface area contributed by atoms with Gasteiger partial charge in [0.2, 0.25) is 0 Å². The summed E-state index contributed by atoms with van der Waals surface area (Å²) in [5.74, 6) is -1.82. The molecule has 1 aliphatic heterocycles. The summed E-state index contributed by atoms with van der Waals surface area (Å²) < 4.78 is 70.1. The van der Waals surface area contributed by atoms with E-state index in [9.17, 15) is 22.0 Å². The number of thioether (sulfide) groups is 1. The van der Waals surface area contributed by atoms with Gasteiger partial charge in [-0.15, -0.1) is 0 Å². The predicted octanol–water partition coefficient (Wildman–Crippen LogP) is 5.05. The molecule has 11 heteroatoms. The maximum atomic E-state index is 14.1. The molecule has 1 N–H and O–H groups in total. The number of rotatable bonds is 7. The van der Waals surface area contributed by atoms with Crippen LogP contribution in [0.2, 0.25) is 0 Å². The van der Waals surface area contributed by atoms with Crippen molar-refractivity contribution in [2.24, 2.45) is 0 Å². The zero-order valence-electron chi connectivity index (χ0n) is 19.4. The van der Waals surface area contributed by atoms with Crippen LogP contribution in [-0.2, 0) is 20.4 Å². The summed E-state index contributed by atoms with van der Waals surface area (Å²) in [5, 5.41) is 2.73. The van der Waals surface area contributed by atoms with Crippen LogP contribution >= 0.6 is 11.8 Å². The van der Waals surface area contributed by atoms with E-state index in [2.05, 4.69) is 5.32 Å². The standard InChI is InChI=1S/C25H21F2NO6S2/c1-32-14-9-21(33-2)16(22(10-14)34-3)12-24-25(29)28-20-8-7-15(11-23(20)35-24)36(30,31)13-17-18(26)5-4-6-19(17)27/h4-12H,13H2,1-3H3,(H,28,29). The highest BCUT2D eigenvalue weighted by Gasteiger charge is 2.26. The number of ether oxygens (including phenoxy) is 3. The monoisotopic (exact) mass is 533 g/mol. The molecule has 3 aromatic carbocycles. The number of halogens is 2. The molecule has 1 aliphatic rings. The minimum atomic E-state index is -4.09. The van der Waals surface area contributed by atoms with Gasteiger partial charge in [0.1, 0.15) is 28.9 Å². The molecule has 0 aliphatic carbocycles. The summed E-state index contributed by atoms with van der Waals surface area (Å²) in [6, 6.07) is 10.6.